The number of benzene rings is 1. The number of hydrogen-bond acceptors (Lipinski definition) is 5. The molecule has 5 nitrogen and oxygen atoms in total. The summed E-state index contributed by atoms with van der Waals surface area (Å²) in [6.07, 6.45) is 0. The third kappa shape index (κ3) is 2.63. The van der Waals surface area contributed by atoms with E-state index in [9.17, 15) is 13.2 Å². The van der Waals surface area contributed by atoms with Crippen LogP contribution in [0, 0.1) is 5.82 Å². The first-order chi connectivity index (χ1) is 7.97. The van der Waals surface area contributed by atoms with Crippen molar-refractivity contribution < 1.29 is 17.3 Å². The molecule has 0 aliphatic carbocycles. The molecule has 17 heavy (non-hydrogen) atoms. The molecule has 1 aromatic heterocycles. The molecule has 0 amide bonds. The summed E-state index contributed by atoms with van der Waals surface area (Å²) in [6.45, 7) is 0. The van der Waals surface area contributed by atoms with Gasteiger partial charge in [0.1, 0.15) is 11.4 Å². The van der Waals surface area contributed by atoms with Crippen LogP contribution in [0.2, 0.25) is 10.3 Å². The number of rotatable bonds is 2. The Hall–Kier alpha value is -1.02. The van der Waals surface area contributed by atoms with Crippen molar-refractivity contribution in [3.05, 3.63) is 28.3 Å². The second-order valence-electron chi connectivity index (χ2n) is 2.86. The van der Waals surface area contributed by atoms with Crippen LogP contribution in [0.1, 0.15) is 0 Å². The average molecular weight is 296 g/mol. The molecule has 0 radical (unpaired) electrons. The maximum absolute atomic E-state index is 13.4. The van der Waals surface area contributed by atoms with Crippen molar-refractivity contribution in [1.82, 2.24) is 9.97 Å². The number of halogens is 3. The molecule has 0 saturated carbocycles. The van der Waals surface area contributed by atoms with Gasteiger partial charge in [0.05, 0.1) is 11.0 Å². The molecule has 0 aliphatic heterocycles. The van der Waals surface area contributed by atoms with E-state index >= 15 is 0 Å². The van der Waals surface area contributed by atoms with E-state index in [1.165, 1.54) is 0 Å². The van der Waals surface area contributed by atoms with Gasteiger partial charge >= 0.3 is 0 Å². The van der Waals surface area contributed by atoms with E-state index < -0.39 is 22.9 Å². The lowest BCUT2D eigenvalue weighted by Gasteiger charge is -2.08. The van der Waals surface area contributed by atoms with Gasteiger partial charge in [0.25, 0.3) is 0 Å². The van der Waals surface area contributed by atoms with Crippen LogP contribution in [0.3, 0.4) is 0 Å². The standard InChI is InChI=1S/C8H3Cl2FN2O3S/c9-7-8(10)13-5-2-6(16-17(14)15)3(11)1-4(5)12-7/h1-2H,(H,14,15)/p-1. The largest absolute Gasteiger partial charge is 0.740 e. The smallest absolute Gasteiger partial charge is 0.177 e. The van der Waals surface area contributed by atoms with Crippen molar-refractivity contribution in [3.8, 4) is 5.75 Å². The summed E-state index contributed by atoms with van der Waals surface area (Å²) in [5, 5.41) is -0.139. The molecule has 1 heterocycles. The van der Waals surface area contributed by atoms with E-state index in [4.69, 9.17) is 23.2 Å². The molecule has 0 fully saturated rings. The quantitative estimate of drug-likeness (QED) is 0.794. The second-order valence-corrected chi connectivity index (χ2v) is 4.15. The Balaban J connectivity index is 2.63. The lowest BCUT2D eigenvalue weighted by Crippen LogP contribution is -2.00. The van der Waals surface area contributed by atoms with Gasteiger partial charge in [-0.25, -0.2) is 18.6 Å². The molecule has 1 aromatic carbocycles. The zero-order chi connectivity index (χ0) is 12.6. The lowest BCUT2D eigenvalue weighted by atomic mass is 10.3. The highest BCUT2D eigenvalue weighted by atomic mass is 35.5. The Morgan fingerprint density at radius 2 is 1.76 bits per heavy atom. The SMILES string of the molecule is O=S([O-])Oc1cc2nc(Cl)c(Cl)nc2cc1F. The zero-order valence-electron chi connectivity index (χ0n) is 7.82. The predicted octanol–water partition coefficient (Wildman–Crippen LogP) is 2.25. The van der Waals surface area contributed by atoms with E-state index in [-0.39, 0.29) is 21.3 Å². The Kier molecular flexibility index (Phi) is 3.43. The maximum atomic E-state index is 13.4. The number of aromatic nitrogens is 2. The number of nitrogens with zero attached hydrogens (tertiary/aromatic N) is 2. The minimum Gasteiger partial charge on any atom is -0.740 e. The van der Waals surface area contributed by atoms with Gasteiger partial charge in [-0.05, 0) is 0 Å². The summed E-state index contributed by atoms with van der Waals surface area (Å²) in [7, 11) is 0. The Labute approximate surface area is 107 Å². The monoisotopic (exact) mass is 295 g/mol. The molecule has 1 atom stereocenters. The van der Waals surface area contributed by atoms with Crippen LogP contribution in [0.15, 0.2) is 12.1 Å². The van der Waals surface area contributed by atoms with E-state index in [0.717, 1.165) is 12.1 Å². The second kappa shape index (κ2) is 4.69. The first kappa shape index (κ1) is 12.4. The van der Waals surface area contributed by atoms with Gasteiger partial charge in [0, 0.05) is 12.1 Å². The molecule has 9 heteroatoms. The highest BCUT2D eigenvalue weighted by Gasteiger charge is 2.11. The zero-order valence-corrected chi connectivity index (χ0v) is 10.1. The fraction of sp³-hybridized carbons (Fsp3) is 0. The van der Waals surface area contributed by atoms with Crippen LogP contribution in [0.25, 0.3) is 11.0 Å². The van der Waals surface area contributed by atoms with E-state index in [0.29, 0.717) is 0 Å². The molecule has 2 aromatic rings. The van der Waals surface area contributed by atoms with Gasteiger partial charge in [0.2, 0.25) is 0 Å². The van der Waals surface area contributed by atoms with Crippen LogP contribution >= 0.6 is 23.2 Å². The van der Waals surface area contributed by atoms with Gasteiger partial charge in [-0.15, -0.1) is 0 Å². The number of fused-ring (bicyclic) bond motifs is 1. The van der Waals surface area contributed by atoms with Crippen LogP contribution < -0.4 is 4.18 Å². The predicted molar refractivity (Wildman–Crippen MR) is 59.1 cm³/mol. The molecule has 0 saturated heterocycles. The summed E-state index contributed by atoms with van der Waals surface area (Å²) < 4.78 is 38.2. The molecule has 0 aliphatic rings. The summed E-state index contributed by atoms with van der Waals surface area (Å²) >= 11 is 8.35. The minimum atomic E-state index is -2.88. The Morgan fingerprint density at radius 1 is 1.24 bits per heavy atom. The topological polar surface area (TPSA) is 75.1 Å². The van der Waals surface area contributed by atoms with Gasteiger partial charge in [0.15, 0.2) is 21.9 Å². The van der Waals surface area contributed by atoms with Crippen molar-refractivity contribution in [2.24, 2.45) is 0 Å². The van der Waals surface area contributed by atoms with Crippen molar-refractivity contribution >= 4 is 45.6 Å². The minimum absolute atomic E-state index is 0.0695. The van der Waals surface area contributed by atoms with Crippen LogP contribution in [-0.4, -0.2) is 18.7 Å². The highest BCUT2D eigenvalue weighted by Crippen LogP contribution is 2.26. The van der Waals surface area contributed by atoms with E-state index in [1.54, 1.807) is 0 Å². The Morgan fingerprint density at radius 3 is 2.29 bits per heavy atom. The molecular weight excluding hydrogens is 294 g/mol. The van der Waals surface area contributed by atoms with Gasteiger partial charge in [-0.1, -0.05) is 23.2 Å². The summed E-state index contributed by atoms with van der Waals surface area (Å²) in [5.41, 5.74) is 0.308. The third-order valence-electron chi connectivity index (χ3n) is 1.79. The Bertz CT molecular complexity index is 625. The fourth-order valence-corrected chi connectivity index (χ4v) is 1.69. The van der Waals surface area contributed by atoms with Gasteiger partial charge in [-0.2, -0.15) is 0 Å². The third-order valence-corrected chi connectivity index (χ3v) is 2.73. The van der Waals surface area contributed by atoms with Gasteiger partial charge in [-0.3, -0.25) is 0 Å². The fourth-order valence-electron chi connectivity index (χ4n) is 1.15. The van der Waals surface area contributed by atoms with Gasteiger partial charge < -0.3 is 8.74 Å². The van der Waals surface area contributed by atoms with Crippen LogP contribution in [0.4, 0.5) is 4.39 Å². The van der Waals surface area contributed by atoms with Crippen molar-refractivity contribution in [3.63, 3.8) is 0 Å². The van der Waals surface area contributed by atoms with E-state index in [2.05, 4.69) is 14.2 Å². The van der Waals surface area contributed by atoms with Crippen LogP contribution in [0.5, 0.6) is 5.75 Å². The summed E-state index contributed by atoms with van der Waals surface area (Å²) in [5.74, 6) is -1.38. The normalized spacial score (nSPS) is 12.7. The molecule has 90 valence electrons. The highest BCUT2D eigenvalue weighted by molar-refractivity contribution is 7.74. The molecule has 0 bridgehead atoms. The summed E-state index contributed by atoms with van der Waals surface area (Å²) in [4.78, 5) is 7.59. The molecule has 2 rings (SSSR count). The molecular formula is C8H2Cl2FN2O3S-. The average Bonchev–Trinajstić information content (AvgIpc) is 2.22. The maximum Gasteiger partial charge on any atom is 0.177 e. The lowest BCUT2D eigenvalue weighted by molar-refractivity contribution is 0.425. The number of hydrogen-bond donors (Lipinski definition) is 0. The first-order valence-electron chi connectivity index (χ1n) is 4.07. The first-order valence-corrected chi connectivity index (χ1v) is 5.83. The van der Waals surface area contributed by atoms with Crippen molar-refractivity contribution in [2.45, 2.75) is 0 Å². The van der Waals surface area contributed by atoms with E-state index in [1.807, 2.05) is 0 Å². The van der Waals surface area contributed by atoms with Crippen LogP contribution in [-0.2, 0) is 11.4 Å². The molecule has 1 unspecified atom stereocenters. The summed E-state index contributed by atoms with van der Waals surface area (Å²) in [6, 6.07) is 2.02. The molecule has 0 N–H and O–H groups in total. The molecule has 0 spiro atoms. The van der Waals surface area contributed by atoms with Crippen molar-refractivity contribution in [2.75, 3.05) is 0 Å². The van der Waals surface area contributed by atoms with Crippen molar-refractivity contribution in [1.29, 1.82) is 0 Å².